The fourth-order valence-electron chi connectivity index (χ4n) is 2.27. The monoisotopic (exact) mass is 235 g/mol. The Bertz CT molecular complexity index is 512. The van der Waals surface area contributed by atoms with Gasteiger partial charge < -0.3 is 9.67 Å². The molecule has 0 atom stereocenters. The minimum absolute atomic E-state index is 0.00579. The molecule has 1 N–H and O–H groups in total. The molecular weight excluding hydrogens is 218 g/mol. The van der Waals surface area contributed by atoms with Gasteiger partial charge in [0.05, 0.1) is 0 Å². The summed E-state index contributed by atoms with van der Waals surface area (Å²) in [5.74, 6) is -0.859. The number of aliphatic carboxylic acids is 1. The summed E-state index contributed by atoms with van der Waals surface area (Å²) < 4.78 is 1.82. The molecule has 17 heavy (non-hydrogen) atoms. The van der Waals surface area contributed by atoms with Crippen LogP contribution in [0.5, 0.6) is 0 Å². The van der Waals surface area contributed by atoms with Crippen molar-refractivity contribution in [2.24, 2.45) is 0 Å². The Hall–Kier alpha value is -1.58. The lowest BCUT2D eigenvalue weighted by Gasteiger charge is -2.13. The number of nitrogens with zero attached hydrogens (tertiary/aromatic N) is 1. The van der Waals surface area contributed by atoms with Gasteiger partial charge >= 0.3 is 5.97 Å². The fraction of sp³-hybridized carbons (Fsp3) is 0.538. The summed E-state index contributed by atoms with van der Waals surface area (Å²) >= 11 is 0. The number of hydrogen-bond donors (Lipinski definition) is 1. The van der Waals surface area contributed by atoms with Crippen molar-refractivity contribution in [3.8, 4) is 0 Å². The summed E-state index contributed by atoms with van der Waals surface area (Å²) in [6, 6.07) is 2.32. The summed E-state index contributed by atoms with van der Waals surface area (Å²) in [4.78, 5) is 22.9. The van der Waals surface area contributed by atoms with E-state index in [-0.39, 0.29) is 12.0 Å². The average molecular weight is 235 g/mol. The number of carbonyl (C=O) groups is 1. The van der Waals surface area contributed by atoms with Crippen molar-refractivity contribution in [2.75, 3.05) is 0 Å². The third kappa shape index (κ3) is 2.40. The summed E-state index contributed by atoms with van der Waals surface area (Å²) in [6.07, 6.45) is 2.46. The van der Waals surface area contributed by atoms with Crippen LogP contribution in [0, 0.1) is 13.8 Å². The smallest absolute Gasteiger partial charge is 0.303 e. The van der Waals surface area contributed by atoms with Crippen molar-refractivity contribution >= 4 is 5.97 Å². The van der Waals surface area contributed by atoms with Crippen molar-refractivity contribution in [1.29, 1.82) is 0 Å². The van der Waals surface area contributed by atoms with Crippen LogP contribution in [0.25, 0.3) is 0 Å². The van der Waals surface area contributed by atoms with Gasteiger partial charge in [0.1, 0.15) is 0 Å². The Morgan fingerprint density at radius 1 is 1.47 bits per heavy atom. The normalized spacial score (nSPS) is 14.9. The van der Waals surface area contributed by atoms with Crippen LogP contribution in [0.2, 0.25) is 0 Å². The van der Waals surface area contributed by atoms with Gasteiger partial charge in [0.25, 0.3) is 5.56 Å². The number of aromatic nitrogens is 1. The molecule has 1 fully saturated rings. The van der Waals surface area contributed by atoms with Crippen molar-refractivity contribution in [2.45, 2.75) is 45.6 Å². The second kappa shape index (κ2) is 4.35. The highest BCUT2D eigenvalue weighted by Gasteiger charge is 2.27. The van der Waals surface area contributed by atoms with Crippen molar-refractivity contribution < 1.29 is 9.90 Å². The number of aryl methyl sites for hydroxylation is 2. The van der Waals surface area contributed by atoms with E-state index in [9.17, 15) is 9.59 Å². The Morgan fingerprint density at radius 3 is 2.65 bits per heavy atom. The van der Waals surface area contributed by atoms with Crippen LogP contribution in [-0.2, 0) is 11.2 Å². The first-order valence-corrected chi connectivity index (χ1v) is 5.94. The van der Waals surface area contributed by atoms with Crippen LogP contribution in [0.3, 0.4) is 0 Å². The molecule has 0 unspecified atom stereocenters. The molecule has 1 aliphatic rings. The van der Waals surface area contributed by atoms with Crippen LogP contribution in [-0.4, -0.2) is 15.6 Å². The zero-order chi connectivity index (χ0) is 12.6. The van der Waals surface area contributed by atoms with Gasteiger partial charge in [0, 0.05) is 23.7 Å². The summed E-state index contributed by atoms with van der Waals surface area (Å²) in [6.45, 7) is 3.82. The standard InChI is InChI=1S/C13H17NO3/c1-8-7-9(2)14(10-3-4-10)13(17)11(8)5-6-12(15)16/h7,10H,3-6H2,1-2H3,(H,15,16). The third-order valence-corrected chi connectivity index (χ3v) is 3.26. The first-order chi connectivity index (χ1) is 8.00. The van der Waals surface area contributed by atoms with Gasteiger partial charge in [-0.1, -0.05) is 0 Å². The molecule has 1 aromatic heterocycles. The van der Waals surface area contributed by atoms with E-state index < -0.39 is 5.97 Å². The summed E-state index contributed by atoms with van der Waals surface area (Å²) in [7, 11) is 0. The molecule has 0 aliphatic heterocycles. The van der Waals surface area contributed by atoms with E-state index in [1.54, 1.807) is 0 Å². The van der Waals surface area contributed by atoms with Crippen LogP contribution >= 0.6 is 0 Å². The highest BCUT2D eigenvalue weighted by atomic mass is 16.4. The number of rotatable bonds is 4. The van der Waals surface area contributed by atoms with E-state index in [0.717, 1.165) is 24.1 Å². The van der Waals surface area contributed by atoms with Gasteiger partial charge in [-0.25, -0.2) is 0 Å². The Labute approximate surface area is 99.9 Å². The Morgan fingerprint density at radius 2 is 2.12 bits per heavy atom. The van der Waals surface area contributed by atoms with Crippen LogP contribution in [0.15, 0.2) is 10.9 Å². The van der Waals surface area contributed by atoms with E-state index in [1.165, 1.54) is 0 Å². The molecule has 1 aliphatic carbocycles. The molecule has 4 heteroatoms. The molecule has 0 aromatic carbocycles. The Kier molecular flexibility index (Phi) is 3.05. The molecule has 92 valence electrons. The van der Waals surface area contributed by atoms with Crippen LogP contribution in [0.1, 0.15) is 42.1 Å². The van der Waals surface area contributed by atoms with Crippen LogP contribution in [0.4, 0.5) is 0 Å². The highest BCUT2D eigenvalue weighted by molar-refractivity contribution is 5.67. The molecule has 1 aromatic rings. The maximum atomic E-state index is 12.3. The molecule has 0 bridgehead atoms. The average Bonchev–Trinajstić information content (AvgIpc) is 3.00. The van der Waals surface area contributed by atoms with Gasteiger partial charge in [-0.05, 0) is 44.7 Å². The van der Waals surface area contributed by atoms with E-state index in [1.807, 2.05) is 24.5 Å². The number of carboxylic acids is 1. The summed E-state index contributed by atoms with van der Waals surface area (Å²) in [5, 5.41) is 8.69. The Balaban J connectivity index is 2.40. The second-order valence-electron chi connectivity index (χ2n) is 4.75. The molecule has 0 spiro atoms. The van der Waals surface area contributed by atoms with Gasteiger partial charge in [-0.3, -0.25) is 9.59 Å². The topological polar surface area (TPSA) is 59.3 Å². The van der Waals surface area contributed by atoms with Crippen molar-refractivity contribution in [3.63, 3.8) is 0 Å². The lowest BCUT2D eigenvalue weighted by molar-refractivity contribution is -0.136. The first-order valence-electron chi connectivity index (χ1n) is 5.94. The maximum absolute atomic E-state index is 12.3. The van der Waals surface area contributed by atoms with Gasteiger partial charge in [0.15, 0.2) is 0 Å². The van der Waals surface area contributed by atoms with E-state index in [4.69, 9.17) is 5.11 Å². The maximum Gasteiger partial charge on any atom is 0.303 e. The summed E-state index contributed by atoms with van der Waals surface area (Å²) in [5.41, 5.74) is 2.55. The zero-order valence-corrected chi connectivity index (χ0v) is 10.2. The predicted octanol–water partition coefficient (Wildman–Crippen LogP) is 1.82. The molecular formula is C13H17NO3. The lowest BCUT2D eigenvalue weighted by atomic mass is 10.0. The number of carboxylic acid groups (broad SMARTS) is 1. The molecule has 1 saturated carbocycles. The largest absolute Gasteiger partial charge is 0.481 e. The third-order valence-electron chi connectivity index (χ3n) is 3.26. The molecule has 1 heterocycles. The van der Waals surface area contributed by atoms with Gasteiger partial charge in [0.2, 0.25) is 0 Å². The lowest BCUT2D eigenvalue weighted by Crippen LogP contribution is -2.26. The first kappa shape index (κ1) is 11.9. The number of pyridine rings is 1. The van der Waals surface area contributed by atoms with Crippen molar-refractivity contribution in [1.82, 2.24) is 4.57 Å². The highest BCUT2D eigenvalue weighted by Crippen LogP contribution is 2.34. The van der Waals surface area contributed by atoms with Gasteiger partial charge in [-0.2, -0.15) is 0 Å². The minimum Gasteiger partial charge on any atom is -0.481 e. The SMILES string of the molecule is Cc1cc(C)n(C2CC2)c(=O)c1CCC(=O)O. The minimum atomic E-state index is -0.859. The van der Waals surface area contributed by atoms with Crippen LogP contribution < -0.4 is 5.56 Å². The molecule has 0 saturated heterocycles. The quantitative estimate of drug-likeness (QED) is 0.866. The van der Waals surface area contributed by atoms with Gasteiger partial charge in [-0.15, -0.1) is 0 Å². The van der Waals surface area contributed by atoms with Crippen molar-refractivity contribution in [3.05, 3.63) is 33.2 Å². The molecule has 2 rings (SSSR count). The second-order valence-corrected chi connectivity index (χ2v) is 4.75. The molecule has 0 amide bonds. The van der Waals surface area contributed by atoms with E-state index >= 15 is 0 Å². The van der Waals surface area contributed by atoms with E-state index in [2.05, 4.69) is 0 Å². The fourth-order valence-corrected chi connectivity index (χ4v) is 2.27. The predicted molar refractivity (Wildman–Crippen MR) is 64.4 cm³/mol. The molecule has 0 radical (unpaired) electrons. The molecule has 4 nitrogen and oxygen atoms in total. The van der Waals surface area contributed by atoms with E-state index in [0.29, 0.717) is 18.0 Å². The number of hydrogen-bond acceptors (Lipinski definition) is 2. The zero-order valence-electron chi connectivity index (χ0n) is 10.2.